The summed E-state index contributed by atoms with van der Waals surface area (Å²) >= 11 is 0. The topological polar surface area (TPSA) is 71.0 Å². The highest BCUT2D eigenvalue weighted by atomic mass is 16.7. The molecular formula is C39H38N2O4. The van der Waals surface area contributed by atoms with Crippen LogP contribution in [0.2, 0.25) is 0 Å². The molecule has 6 nitrogen and oxygen atoms in total. The Bertz CT molecular complexity index is 1590. The van der Waals surface area contributed by atoms with E-state index in [9.17, 15) is 9.90 Å². The maximum Gasteiger partial charge on any atom is 0.255 e. The van der Waals surface area contributed by atoms with Crippen LogP contribution >= 0.6 is 0 Å². The van der Waals surface area contributed by atoms with Gasteiger partial charge in [-0.1, -0.05) is 115 Å². The predicted molar refractivity (Wildman–Crippen MR) is 176 cm³/mol. The van der Waals surface area contributed by atoms with Gasteiger partial charge in [0.25, 0.3) is 5.91 Å². The molecule has 2 N–H and O–H groups in total. The van der Waals surface area contributed by atoms with E-state index < -0.39 is 6.29 Å². The Balaban J connectivity index is 1.22. The number of ether oxygens (including phenoxy) is 2. The normalized spacial score (nSPS) is 18.0. The van der Waals surface area contributed by atoms with E-state index in [0.717, 1.165) is 36.3 Å². The molecule has 1 saturated heterocycles. The maximum absolute atomic E-state index is 12.7. The lowest BCUT2D eigenvalue weighted by Gasteiger charge is -2.38. The first-order valence-electron chi connectivity index (χ1n) is 15.4. The number of nitrogens with zero attached hydrogens (tertiary/aromatic N) is 1. The molecule has 0 aliphatic carbocycles. The Morgan fingerprint density at radius 2 is 1.22 bits per heavy atom. The lowest BCUT2D eigenvalue weighted by Crippen LogP contribution is -2.39. The van der Waals surface area contributed by atoms with Crippen molar-refractivity contribution in [1.82, 2.24) is 4.90 Å². The molecule has 0 bridgehead atoms. The molecule has 1 aliphatic rings. The number of nitrogens with one attached hydrogen (secondary N) is 1. The molecule has 0 spiro atoms. The molecule has 5 aromatic carbocycles. The molecule has 1 fully saturated rings. The van der Waals surface area contributed by atoms with Crippen LogP contribution in [0.4, 0.5) is 5.69 Å². The summed E-state index contributed by atoms with van der Waals surface area (Å²) in [5.74, 6) is -0.156. The fourth-order valence-electron chi connectivity index (χ4n) is 5.71. The van der Waals surface area contributed by atoms with Gasteiger partial charge in [-0.25, -0.2) is 0 Å². The van der Waals surface area contributed by atoms with E-state index in [1.807, 2.05) is 78.9 Å². The van der Waals surface area contributed by atoms with Crippen molar-refractivity contribution >= 4 is 11.6 Å². The summed E-state index contributed by atoms with van der Waals surface area (Å²) in [5, 5.41) is 12.5. The van der Waals surface area contributed by atoms with Crippen LogP contribution in [0.5, 0.6) is 0 Å². The number of carbonyl (C=O) groups excluding carboxylic acids is 1. The lowest BCUT2D eigenvalue weighted by molar-refractivity contribution is -0.253. The standard InChI is InChI=1S/C39H38N2O4/c42-28-31-16-18-32(19-17-31)37-24-36(27-41(25-29-10-4-1-5-11-29)26-30-12-6-2-7-13-30)44-39(45-37)34-20-22-35(23-21-34)40-38(43)33-14-8-3-9-15-33/h1-23,36-37,39,42H,24-28H2,(H,40,43). The molecule has 5 aromatic rings. The highest BCUT2D eigenvalue weighted by molar-refractivity contribution is 6.04. The Morgan fingerprint density at radius 1 is 0.667 bits per heavy atom. The van der Waals surface area contributed by atoms with Crippen molar-refractivity contribution in [2.24, 2.45) is 0 Å². The first-order valence-corrected chi connectivity index (χ1v) is 15.4. The van der Waals surface area contributed by atoms with Gasteiger partial charge in [0.15, 0.2) is 6.29 Å². The second kappa shape index (κ2) is 14.9. The monoisotopic (exact) mass is 598 g/mol. The van der Waals surface area contributed by atoms with E-state index in [-0.39, 0.29) is 24.7 Å². The van der Waals surface area contributed by atoms with E-state index in [2.05, 4.69) is 58.7 Å². The van der Waals surface area contributed by atoms with Gasteiger partial charge in [0.2, 0.25) is 0 Å². The van der Waals surface area contributed by atoms with E-state index in [1.165, 1.54) is 11.1 Å². The van der Waals surface area contributed by atoms with Crippen LogP contribution in [-0.2, 0) is 29.2 Å². The van der Waals surface area contributed by atoms with Gasteiger partial charge >= 0.3 is 0 Å². The molecule has 0 saturated carbocycles. The third-order valence-electron chi connectivity index (χ3n) is 8.05. The number of hydrogen-bond donors (Lipinski definition) is 2. The van der Waals surface area contributed by atoms with Crippen molar-refractivity contribution in [3.8, 4) is 0 Å². The zero-order chi connectivity index (χ0) is 30.8. The molecule has 228 valence electrons. The zero-order valence-corrected chi connectivity index (χ0v) is 25.2. The number of carbonyl (C=O) groups is 1. The van der Waals surface area contributed by atoms with Crippen LogP contribution < -0.4 is 5.32 Å². The van der Waals surface area contributed by atoms with Crippen molar-refractivity contribution in [3.63, 3.8) is 0 Å². The van der Waals surface area contributed by atoms with Gasteiger partial charge in [0.1, 0.15) is 0 Å². The summed E-state index contributed by atoms with van der Waals surface area (Å²) < 4.78 is 13.3. The van der Waals surface area contributed by atoms with Gasteiger partial charge in [0.05, 0.1) is 18.8 Å². The van der Waals surface area contributed by atoms with Crippen LogP contribution in [-0.4, -0.2) is 28.6 Å². The number of hydrogen-bond acceptors (Lipinski definition) is 5. The molecule has 6 heteroatoms. The minimum atomic E-state index is -0.583. The summed E-state index contributed by atoms with van der Waals surface area (Å²) in [5.41, 5.74) is 6.61. The molecule has 0 aromatic heterocycles. The summed E-state index contributed by atoms with van der Waals surface area (Å²) in [7, 11) is 0. The third-order valence-corrected chi connectivity index (χ3v) is 8.05. The molecule has 1 aliphatic heterocycles. The average molecular weight is 599 g/mol. The van der Waals surface area contributed by atoms with Crippen LogP contribution in [0.25, 0.3) is 0 Å². The third kappa shape index (κ3) is 8.32. The molecule has 1 heterocycles. The molecule has 3 atom stereocenters. The Labute approximate surface area is 264 Å². The molecule has 45 heavy (non-hydrogen) atoms. The largest absolute Gasteiger partial charge is 0.392 e. The van der Waals surface area contributed by atoms with E-state index >= 15 is 0 Å². The highest BCUT2D eigenvalue weighted by Crippen LogP contribution is 2.38. The second-order valence-corrected chi connectivity index (χ2v) is 11.4. The van der Waals surface area contributed by atoms with Crippen molar-refractivity contribution in [3.05, 3.63) is 173 Å². The second-order valence-electron chi connectivity index (χ2n) is 11.4. The van der Waals surface area contributed by atoms with E-state index in [1.54, 1.807) is 12.1 Å². The highest BCUT2D eigenvalue weighted by Gasteiger charge is 2.33. The average Bonchev–Trinajstić information content (AvgIpc) is 3.10. The molecule has 1 amide bonds. The van der Waals surface area contributed by atoms with Crippen LogP contribution in [0.3, 0.4) is 0 Å². The fraction of sp³-hybridized carbons (Fsp3) is 0.205. The van der Waals surface area contributed by atoms with Gasteiger partial charge in [-0.2, -0.15) is 0 Å². The summed E-state index contributed by atoms with van der Waals surface area (Å²) in [6.07, 6.45) is -0.175. The van der Waals surface area contributed by atoms with Gasteiger partial charge in [-0.05, 0) is 46.5 Å². The smallest absolute Gasteiger partial charge is 0.255 e. The van der Waals surface area contributed by atoms with Crippen LogP contribution in [0, 0.1) is 0 Å². The van der Waals surface area contributed by atoms with Crippen molar-refractivity contribution in [1.29, 1.82) is 0 Å². The first-order chi connectivity index (χ1) is 22.1. The summed E-state index contributed by atoms with van der Waals surface area (Å²) in [6, 6.07) is 45.8. The summed E-state index contributed by atoms with van der Waals surface area (Å²) in [6.45, 7) is 2.32. The Kier molecular flexibility index (Phi) is 10.1. The molecule has 6 rings (SSSR count). The van der Waals surface area contributed by atoms with Gasteiger partial charge in [0, 0.05) is 42.9 Å². The van der Waals surface area contributed by atoms with E-state index in [4.69, 9.17) is 9.47 Å². The quantitative estimate of drug-likeness (QED) is 0.163. The maximum atomic E-state index is 12.7. The predicted octanol–water partition coefficient (Wildman–Crippen LogP) is 7.68. The van der Waals surface area contributed by atoms with Crippen molar-refractivity contribution < 1.29 is 19.4 Å². The minimum absolute atomic E-state index is 0.00125. The number of benzene rings is 5. The number of anilines is 1. The zero-order valence-electron chi connectivity index (χ0n) is 25.2. The van der Waals surface area contributed by atoms with Crippen LogP contribution in [0.15, 0.2) is 140 Å². The lowest BCUT2D eigenvalue weighted by atomic mass is 9.99. The van der Waals surface area contributed by atoms with Crippen molar-refractivity contribution in [2.75, 3.05) is 11.9 Å². The molecule has 0 radical (unpaired) electrons. The minimum Gasteiger partial charge on any atom is -0.392 e. The Morgan fingerprint density at radius 3 is 1.80 bits per heavy atom. The molecule has 3 unspecified atom stereocenters. The number of aliphatic hydroxyl groups excluding tert-OH is 1. The Hall–Kier alpha value is -4.59. The summed E-state index contributed by atoms with van der Waals surface area (Å²) in [4.78, 5) is 15.1. The van der Waals surface area contributed by atoms with E-state index in [0.29, 0.717) is 17.7 Å². The van der Waals surface area contributed by atoms with Crippen molar-refractivity contribution in [2.45, 2.75) is 44.6 Å². The van der Waals surface area contributed by atoms with Crippen LogP contribution in [0.1, 0.15) is 57.0 Å². The van der Waals surface area contributed by atoms with Gasteiger partial charge in [-0.3, -0.25) is 9.69 Å². The number of amides is 1. The number of aliphatic hydroxyl groups is 1. The van der Waals surface area contributed by atoms with Gasteiger partial charge in [-0.15, -0.1) is 0 Å². The first kappa shape index (κ1) is 30.4. The fourth-order valence-corrected chi connectivity index (χ4v) is 5.71. The molecular weight excluding hydrogens is 560 g/mol. The number of rotatable bonds is 11. The van der Waals surface area contributed by atoms with Gasteiger partial charge < -0.3 is 19.9 Å². The SMILES string of the molecule is O=C(Nc1ccc(C2OC(CN(Cc3ccccc3)Cc3ccccc3)CC(c3ccc(CO)cc3)O2)cc1)c1ccccc1.